The topological polar surface area (TPSA) is 43.8 Å². The number of rotatable bonds is 2. The van der Waals surface area contributed by atoms with Crippen LogP contribution in [0.1, 0.15) is 36.0 Å². The molecule has 0 atom stereocenters. The summed E-state index contributed by atoms with van der Waals surface area (Å²) in [4.78, 5) is 16.9. The second-order valence-corrected chi connectivity index (χ2v) is 6.34. The molecule has 0 bridgehead atoms. The van der Waals surface area contributed by atoms with Crippen molar-refractivity contribution in [2.24, 2.45) is 0 Å². The molecule has 1 N–H and O–H groups in total. The number of nitrogens with zero attached hydrogens (tertiary/aromatic N) is 2. The molecule has 0 unspecified atom stereocenters. The molecule has 0 radical (unpaired) electrons. The Morgan fingerprint density at radius 2 is 1.81 bits per heavy atom. The third-order valence-corrected chi connectivity index (χ3v) is 4.94. The maximum absolute atomic E-state index is 12.5. The fourth-order valence-electron chi connectivity index (χ4n) is 3.38. The summed E-state index contributed by atoms with van der Waals surface area (Å²) >= 11 is 5.88. The third kappa shape index (κ3) is 3.16. The highest BCUT2D eigenvalue weighted by molar-refractivity contribution is 6.32. The van der Waals surface area contributed by atoms with E-state index in [-0.39, 0.29) is 16.7 Å². The van der Waals surface area contributed by atoms with Gasteiger partial charge in [0.05, 0.1) is 5.02 Å². The van der Waals surface area contributed by atoms with Crippen LogP contribution in [-0.4, -0.2) is 53.0 Å². The fraction of sp³-hybridized carbons (Fsp3) is 0.562. The normalized spacial score (nSPS) is 20.9. The largest absolute Gasteiger partial charge is 0.506 e. The summed E-state index contributed by atoms with van der Waals surface area (Å²) in [5, 5.41) is 9.66. The van der Waals surface area contributed by atoms with Gasteiger partial charge in [0, 0.05) is 37.8 Å². The molecule has 21 heavy (non-hydrogen) atoms. The molecule has 0 aromatic heterocycles. The van der Waals surface area contributed by atoms with Gasteiger partial charge in [-0.2, -0.15) is 0 Å². The summed E-state index contributed by atoms with van der Waals surface area (Å²) in [6.07, 6.45) is 5.30. The minimum absolute atomic E-state index is 0.00275. The minimum atomic E-state index is 0.00275. The number of phenols is 1. The van der Waals surface area contributed by atoms with Crippen LogP contribution in [0.25, 0.3) is 0 Å². The van der Waals surface area contributed by atoms with Crippen LogP contribution in [0.4, 0.5) is 0 Å². The van der Waals surface area contributed by atoms with Gasteiger partial charge in [-0.1, -0.05) is 24.4 Å². The molecule has 1 aromatic rings. The minimum Gasteiger partial charge on any atom is -0.506 e. The molecule has 1 aliphatic carbocycles. The van der Waals surface area contributed by atoms with Crippen molar-refractivity contribution in [1.82, 2.24) is 9.80 Å². The number of benzene rings is 1. The lowest BCUT2D eigenvalue weighted by Crippen LogP contribution is -2.51. The first kappa shape index (κ1) is 14.7. The molecule has 2 aliphatic rings. The van der Waals surface area contributed by atoms with Gasteiger partial charge >= 0.3 is 0 Å². The van der Waals surface area contributed by atoms with E-state index in [0.717, 1.165) is 32.2 Å². The first-order valence-corrected chi connectivity index (χ1v) is 8.05. The van der Waals surface area contributed by atoms with Crippen LogP contribution in [0.5, 0.6) is 5.75 Å². The van der Waals surface area contributed by atoms with Gasteiger partial charge in [0.1, 0.15) is 5.75 Å². The highest BCUT2D eigenvalue weighted by Gasteiger charge is 2.28. The van der Waals surface area contributed by atoms with E-state index in [1.807, 2.05) is 4.90 Å². The zero-order valence-electron chi connectivity index (χ0n) is 12.1. The van der Waals surface area contributed by atoms with Crippen LogP contribution in [-0.2, 0) is 0 Å². The molecule has 4 nitrogen and oxygen atoms in total. The van der Waals surface area contributed by atoms with Crippen molar-refractivity contribution in [3.05, 3.63) is 28.8 Å². The van der Waals surface area contributed by atoms with Gasteiger partial charge in [-0.05, 0) is 31.0 Å². The molecule has 1 aromatic carbocycles. The Morgan fingerprint density at radius 3 is 2.43 bits per heavy atom. The average Bonchev–Trinajstić information content (AvgIpc) is 3.04. The van der Waals surface area contributed by atoms with E-state index in [9.17, 15) is 9.90 Å². The van der Waals surface area contributed by atoms with E-state index in [2.05, 4.69) is 4.90 Å². The van der Waals surface area contributed by atoms with E-state index in [1.54, 1.807) is 12.1 Å². The van der Waals surface area contributed by atoms with E-state index in [1.165, 1.54) is 31.7 Å². The number of carbonyl (C=O) groups is 1. The molecule has 3 rings (SSSR count). The SMILES string of the molecule is O=C(c1ccc(O)c(Cl)c1)N1CCN(C2CCCC2)CC1. The quantitative estimate of drug-likeness (QED) is 0.913. The number of hydrogen-bond donors (Lipinski definition) is 1. The Balaban J connectivity index is 1.60. The third-order valence-electron chi connectivity index (χ3n) is 4.64. The molecule has 114 valence electrons. The van der Waals surface area contributed by atoms with Gasteiger partial charge < -0.3 is 10.0 Å². The molecule has 1 aliphatic heterocycles. The van der Waals surface area contributed by atoms with Gasteiger partial charge in [0.25, 0.3) is 5.91 Å². The summed E-state index contributed by atoms with van der Waals surface area (Å²) in [6.45, 7) is 3.46. The second kappa shape index (κ2) is 6.24. The lowest BCUT2D eigenvalue weighted by atomic mass is 10.1. The summed E-state index contributed by atoms with van der Waals surface area (Å²) in [5.41, 5.74) is 0.548. The maximum atomic E-state index is 12.5. The van der Waals surface area contributed by atoms with E-state index >= 15 is 0 Å². The van der Waals surface area contributed by atoms with Gasteiger partial charge in [-0.15, -0.1) is 0 Å². The molecular weight excluding hydrogens is 288 g/mol. The first-order valence-electron chi connectivity index (χ1n) is 7.67. The number of hydrogen-bond acceptors (Lipinski definition) is 3. The molecule has 2 fully saturated rings. The van der Waals surface area contributed by atoms with Crippen LogP contribution in [0.3, 0.4) is 0 Å². The predicted octanol–water partition coefficient (Wildman–Crippen LogP) is 2.75. The molecule has 1 heterocycles. The second-order valence-electron chi connectivity index (χ2n) is 5.93. The summed E-state index contributed by atoms with van der Waals surface area (Å²) < 4.78 is 0. The summed E-state index contributed by atoms with van der Waals surface area (Å²) in [6, 6.07) is 5.38. The maximum Gasteiger partial charge on any atom is 0.253 e. The molecule has 1 saturated carbocycles. The van der Waals surface area contributed by atoms with Crippen LogP contribution in [0.15, 0.2) is 18.2 Å². The van der Waals surface area contributed by atoms with Crippen molar-refractivity contribution in [3.63, 3.8) is 0 Å². The lowest BCUT2D eigenvalue weighted by molar-refractivity contribution is 0.0573. The monoisotopic (exact) mass is 308 g/mol. The summed E-state index contributed by atoms with van der Waals surface area (Å²) in [7, 11) is 0. The Bertz CT molecular complexity index is 521. The van der Waals surface area contributed by atoms with Crippen LogP contribution in [0, 0.1) is 0 Å². The average molecular weight is 309 g/mol. The van der Waals surface area contributed by atoms with E-state index < -0.39 is 0 Å². The zero-order valence-corrected chi connectivity index (χ0v) is 12.9. The summed E-state index contributed by atoms with van der Waals surface area (Å²) in [5.74, 6) is 0.0160. The Kier molecular flexibility index (Phi) is 4.36. The number of carbonyl (C=O) groups excluding carboxylic acids is 1. The first-order chi connectivity index (χ1) is 10.1. The highest BCUT2D eigenvalue weighted by Crippen LogP contribution is 2.26. The van der Waals surface area contributed by atoms with Gasteiger partial charge in [0.2, 0.25) is 0 Å². The highest BCUT2D eigenvalue weighted by atomic mass is 35.5. The lowest BCUT2D eigenvalue weighted by Gasteiger charge is -2.38. The standard InChI is InChI=1S/C16H21ClN2O2/c17-14-11-12(5-6-15(14)20)16(21)19-9-7-18(8-10-19)13-3-1-2-4-13/h5-6,11,13,20H,1-4,7-10H2. The van der Waals surface area contributed by atoms with Gasteiger partial charge in [-0.3, -0.25) is 9.69 Å². The zero-order chi connectivity index (χ0) is 14.8. The van der Waals surface area contributed by atoms with Crippen molar-refractivity contribution in [2.45, 2.75) is 31.7 Å². The Hall–Kier alpha value is -1.26. The van der Waals surface area contributed by atoms with Gasteiger partial charge in [-0.25, -0.2) is 0 Å². The number of aromatic hydroxyl groups is 1. The Labute approximate surface area is 130 Å². The predicted molar refractivity (Wildman–Crippen MR) is 82.8 cm³/mol. The van der Waals surface area contributed by atoms with Crippen molar-refractivity contribution in [2.75, 3.05) is 26.2 Å². The molecular formula is C16H21ClN2O2. The molecule has 0 spiro atoms. The van der Waals surface area contributed by atoms with E-state index in [4.69, 9.17) is 11.6 Å². The smallest absolute Gasteiger partial charge is 0.253 e. The van der Waals surface area contributed by atoms with Crippen molar-refractivity contribution in [1.29, 1.82) is 0 Å². The molecule has 1 saturated heterocycles. The molecule has 5 heteroatoms. The number of phenolic OH excluding ortho intramolecular Hbond substituents is 1. The van der Waals surface area contributed by atoms with Crippen LogP contribution < -0.4 is 0 Å². The fourth-order valence-corrected chi connectivity index (χ4v) is 3.56. The van der Waals surface area contributed by atoms with Crippen LogP contribution in [0.2, 0.25) is 5.02 Å². The Morgan fingerprint density at radius 1 is 1.14 bits per heavy atom. The number of halogens is 1. The van der Waals surface area contributed by atoms with Crippen molar-refractivity contribution < 1.29 is 9.90 Å². The molecule has 1 amide bonds. The number of amides is 1. The van der Waals surface area contributed by atoms with Gasteiger partial charge in [0.15, 0.2) is 0 Å². The number of piperazine rings is 1. The van der Waals surface area contributed by atoms with Crippen molar-refractivity contribution >= 4 is 17.5 Å². The van der Waals surface area contributed by atoms with Crippen molar-refractivity contribution in [3.8, 4) is 5.75 Å². The van der Waals surface area contributed by atoms with Crippen LogP contribution >= 0.6 is 11.6 Å². The van der Waals surface area contributed by atoms with E-state index in [0.29, 0.717) is 5.56 Å².